The smallest absolute Gasteiger partial charge is 0.123 e. The Kier molecular flexibility index (Phi) is 4.17. The molecule has 0 aliphatic rings. The number of benzene rings is 1. The van der Waals surface area contributed by atoms with Crippen molar-refractivity contribution in [2.75, 3.05) is 6.54 Å². The van der Waals surface area contributed by atoms with Crippen LogP contribution in [0.1, 0.15) is 36.0 Å². The van der Waals surface area contributed by atoms with Crippen LogP contribution in [0.4, 0.5) is 0 Å². The normalized spacial score (nSPS) is 12.9. The summed E-state index contributed by atoms with van der Waals surface area (Å²) in [5.41, 5.74) is 8.59. The zero-order chi connectivity index (χ0) is 11.6. The van der Waals surface area contributed by atoms with Crippen LogP contribution in [0.5, 0.6) is 5.75 Å². The lowest BCUT2D eigenvalue weighted by molar-refractivity contribution is 0.455. The lowest BCUT2D eigenvalue weighted by Gasteiger charge is -2.18. The second-order valence-electron chi connectivity index (χ2n) is 4.04. The molecule has 1 rings (SSSR count). The molecule has 0 saturated heterocycles. The lowest BCUT2D eigenvalue weighted by atomic mass is 9.91. The molecule has 1 aromatic carbocycles. The molecule has 2 nitrogen and oxygen atoms in total. The number of nitrogens with two attached hydrogens (primary N) is 1. The molecule has 15 heavy (non-hydrogen) atoms. The Morgan fingerprint density at radius 2 is 2.07 bits per heavy atom. The maximum absolute atomic E-state index is 10.1. The topological polar surface area (TPSA) is 46.2 Å². The molecular weight excluding hydrogens is 254 g/mol. The van der Waals surface area contributed by atoms with Crippen LogP contribution in [0, 0.1) is 13.8 Å². The van der Waals surface area contributed by atoms with Crippen molar-refractivity contribution in [2.24, 2.45) is 5.73 Å². The van der Waals surface area contributed by atoms with Gasteiger partial charge in [0.15, 0.2) is 0 Å². The van der Waals surface area contributed by atoms with Gasteiger partial charge in [-0.2, -0.15) is 0 Å². The Morgan fingerprint density at radius 3 is 2.60 bits per heavy atom. The van der Waals surface area contributed by atoms with Crippen LogP contribution in [-0.2, 0) is 0 Å². The summed E-state index contributed by atoms with van der Waals surface area (Å²) in [6.07, 6.45) is 0.898. The van der Waals surface area contributed by atoms with Crippen LogP contribution in [0.2, 0.25) is 0 Å². The minimum absolute atomic E-state index is 0.307. The first kappa shape index (κ1) is 12.5. The molecule has 0 fully saturated rings. The fourth-order valence-corrected chi connectivity index (χ4v) is 2.43. The molecule has 0 aliphatic carbocycles. The first-order valence-corrected chi connectivity index (χ1v) is 5.97. The summed E-state index contributed by atoms with van der Waals surface area (Å²) in [5.74, 6) is 0.713. The Morgan fingerprint density at radius 1 is 1.47 bits per heavy atom. The van der Waals surface area contributed by atoms with Gasteiger partial charge in [-0.1, -0.05) is 22.9 Å². The van der Waals surface area contributed by atoms with Crippen LogP contribution in [0.3, 0.4) is 0 Å². The molecule has 0 aliphatic heterocycles. The first-order valence-electron chi connectivity index (χ1n) is 5.17. The molecule has 0 bridgehead atoms. The van der Waals surface area contributed by atoms with Crippen LogP contribution in [0.25, 0.3) is 0 Å². The van der Waals surface area contributed by atoms with E-state index in [1.165, 1.54) is 0 Å². The molecule has 1 unspecified atom stereocenters. The van der Waals surface area contributed by atoms with Gasteiger partial charge in [-0.05, 0) is 49.9 Å². The average Bonchev–Trinajstić information content (AvgIpc) is 2.15. The van der Waals surface area contributed by atoms with E-state index in [-0.39, 0.29) is 0 Å². The van der Waals surface area contributed by atoms with Gasteiger partial charge in [0, 0.05) is 10.0 Å². The van der Waals surface area contributed by atoms with Crippen molar-refractivity contribution in [3.8, 4) is 5.75 Å². The molecule has 0 spiro atoms. The van der Waals surface area contributed by atoms with Crippen molar-refractivity contribution in [1.82, 2.24) is 0 Å². The largest absolute Gasteiger partial charge is 0.507 e. The maximum atomic E-state index is 10.1. The van der Waals surface area contributed by atoms with E-state index in [4.69, 9.17) is 5.73 Å². The number of halogens is 1. The fraction of sp³-hybridized carbons (Fsp3) is 0.500. The zero-order valence-electron chi connectivity index (χ0n) is 9.47. The molecule has 3 heteroatoms. The number of hydrogen-bond acceptors (Lipinski definition) is 2. The van der Waals surface area contributed by atoms with E-state index in [9.17, 15) is 5.11 Å². The number of phenolic OH excluding ortho intramolecular Hbond substituents is 1. The summed E-state index contributed by atoms with van der Waals surface area (Å²) in [7, 11) is 0. The monoisotopic (exact) mass is 271 g/mol. The van der Waals surface area contributed by atoms with E-state index in [2.05, 4.69) is 28.9 Å². The van der Waals surface area contributed by atoms with Gasteiger partial charge >= 0.3 is 0 Å². The second-order valence-corrected chi connectivity index (χ2v) is 4.90. The van der Waals surface area contributed by atoms with Gasteiger partial charge < -0.3 is 10.8 Å². The summed E-state index contributed by atoms with van der Waals surface area (Å²) in [6.45, 7) is 6.68. The number of rotatable bonds is 3. The Balaban J connectivity index is 3.23. The van der Waals surface area contributed by atoms with Crippen molar-refractivity contribution in [3.63, 3.8) is 0 Å². The van der Waals surface area contributed by atoms with E-state index >= 15 is 0 Å². The molecular formula is C12H18BrNO. The Labute approximate surface area is 99.6 Å². The highest BCUT2D eigenvalue weighted by Gasteiger charge is 2.16. The predicted molar refractivity (Wildman–Crippen MR) is 67.4 cm³/mol. The first-order chi connectivity index (χ1) is 6.99. The van der Waals surface area contributed by atoms with Gasteiger partial charge in [-0.3, -0.25) is 0 Å². The molecule has 1 aromatic rings. The van der Waals surface area contributed by atoms with Crippen LogP contribution in [0.15, 0.2) is 10.5 Å². The molecule has 1 atom stereocenters. The van der Waals surface area contributed by atoms with E-state index in [1.54, 1.807) is 0 Å². The van der Waals surface area contributed by atoms with Gasteiger partial charge in [0.05, 0.1) is 0 Å². The SMILES string of the molecule is Cc1cc(Br)c(C)c(O)c1C(C)CCN. The van der Waals surface area contributed by atoms with Crippen LogP contribution in [-0.4, -0.2) is 11.7 Å². The third-order valence-corrected chi connectivity index (χ3v) is 3.65. The van der Waals surface area contributed by atoms with Crippen molar-refractivity contribution in [1.29, 1.82) is 0 Å². The van der Waals surface area contributed by atoms with Crippen molar-refractivity contribution < 1.29 is 5.11 Å². The quantitative estimate of drug-likeness (QED) is 0.887. The molecule has 3 N–H and O–H groups in total. The van der Waals surface area contributed by atoms with Gasteiger partial charge in [0.1, 0.15) is 5.75 Å². The van der Waals surface area contributed by atoms with E-state index in [1.807, 2.05) is 13.8 Å². The number of aromatic hydroxyl groups is 1. The molecule has 0 amide bonds. The van der Waals surface area contributed by atoms with Gasteiger partial charge in [-0.15, -0.1) is 0 Å². The second kappa shape index (κ2) is 4.99. The number of hydrogen-bond donors (Lipinski definition) is 2. The zero-order valence-corrected chi connectivity index (χ0v) is 11.1. The van der Waals surface area contributed by atoms with Crippen molar-refractivity contribution in [3.05, 3.63) is 27.2 Å². The van der Waals surface area contributed by atoms with E-state index < -0.39 is 0 Å². The molecule has 0 heterocycles. The molecule has 0 saturated carbocycles. The van der Waals surface area contributed by atoms with E-state index in [0.29, 0.717) is 18.2 Å². The standard InChI is InChI=1S/C12H18BrNO/c1-7(4-5-14)11-8(2)6-10(13)9(3)12(11)15/h6-7,15H,4-5,14H2,1-3H3. The summed E-state index contributed by atoms with van der Waals surface area (Å²) in [6, 6.07) is 2.05. The predicted octanol–water partition coefficient (Wildman–Crippen LogP) is 3.22. The third-order valence-electron chi connectivity index (χ3n) is 2.83. The average molecular weight is 272 g/mol. The maximum Gasteiger partial charge on any atom is 0.123 e. The van der Waals surface area contributed by atoms with Gasteiger partial charge in [-0.25, -0.2) is 0 Å². The fourth-order valence-electron chi connectivity index (χ4n) is 1.89. The van der Waals surface area contributed by atoms with Gasteiger partial charge in [0.2, 0.25) is 0 Å². The minimum atomic E-state index is 0.307. The highest BCUT2D eigenvalue weighted by molar-refractivity contribution is 9.10. The summed E-state index contributed by atoms with van der Waals surface area (Å²) in [5, 5.41) is 10.1. The Bertz CT molecular complexity index is 363. The van der Waals surface area contributed by atoms with Crippen molar-refractivity contribution in [2.45, 2.75) is 33.1 Å². The third kappa shape index (κ3) is 2.52. The Hall–Kier alpha value is -0.540. The lowest BCUT2D eigenvalue weighted by Crippen LogP contribution is -2.06. The number of phenols is 1. The van der Waals surface area contributed by atoms with Crippen molar-refractivity contribution >= 4 is 15.9 Å². The van der Waals surface area contributed by atoms with Crippen LogP contribution >= 0.6 is 15.9 Å². The highest BCUT2D eigenvalue weighted by atomic mass is 79.9. The summed E-state index contributed by atoms with van der Waals surface area (Å²) >= 11 is 3.43. The molecule has 0 aromatic heterocycles. The van der Waals surface area contributed by atoms with E-state index in [0.717, 1.165) is 27.6 Å². The summed E-state index contributed by atoms with van der Waals surface area (Å²) < 4.78 is 0.959. The molecule has 0 radical (unpaired) electrons. The summed E-state index contributed by atoms with van der Waals surface area (Å²) in [4.78, 5) is 0. The minimum Gasteiger partial charge on any atom is -0.507 e. The van der Waals surface area contributed by atoms with Crippen LogP contribution < -0.4 is 5.73 Å². The highest BCUT2D eigenvalue weighted by Crippen LogP contribution is 2.37. The number of aryl methyl sites for hydroxylation is 1. The molecule has 84 valence electrons. The van der Waals surface area contributed by atoms with Gasteiger partial charge in [0.25, 0.3) is 0 Å².